The van der Waals surface area contributed by atoms with Crippen LogP contribution in [0.5, 0.6) is 11.5 Å². The number of nitrogens with two attached hydrogens (primary N) is 2. The Balaban J connectivity index is 2.24. The van der Waals surface area contributed by atoms with Gasteiger partial charge in [0.15, 0.2) is 0 Å². The molecule has 0 aliphatic rings. The van der Waals surface area contributed by atoms with Crippen LogP contribution in [-0.2, 0) is 0 Å². The molecule has 0 unspecified atom stereocenters. The Kier molecular flexibility index (Phi) is 2.68. The van der Waals surface area contributed by atoms with E-state index < -0.39 is 0 Å². The van der Waals surface area contributed by atoms with Gasteiger partial charge in [-0.05, 0) is 42.8 Å². The van der Waals surface area contributed by atoms with Gasteiger partial charge in [-0.25, -0.2) is 0 Å². The van der Waals surface area contributed by atoms with Crippen molar-refractivity contribution in [2.24, 2.45) is 0 Å². The van der Waals surface area contributed by atoms with Crippen molar-refractivity contribution in [2.75, 3.05) is 11.5 Å². The van der Waals surface area contributed by atoms with Gasteiger partial charge in [0.05, 0.1) is 0 Å². The average molecular weight is 214 g/mol. The lowest BCUT2D eigenvalue weighted by molar-refractivity contribution is 0.482. The largest absolute Gasteiger partial charge is 0.457 e. The zero-order chi connectivity index (χ0) is 11.5. The van der Waals surface area contributed by atoms with E-state index in [1.807, 2.05) is 43.3 Å². The summed E-state index contributed by atoms with van der Waals surface area (Å²) in [5.74, 6) is 1.49. The minimum absolute atomic E-state index is 0.685. The molecule has 0 amide bonds. The fourth-order valence-electron chi connectivity index (χ4n) is 1.43. The van der Waals surface area contributed by atoms with E-state index in [9.17, 15) is 0 Å². The van der Waals surface area contributed by atoms with E-state index in [4.69, 9.17) is 16.2 Å². The van der Waals surface area contributed by atoms with Gasteiger partial charge in [-0.1, -0.05) is 6.07 Å². The lowest BCUT2D eigenvalue weighted by Crippen LogP contribution is -1.91. The van der Waals surface area contributed by atoms with Gasteiger partial charge in [0, 0.05) is 17.4 Å². The lowest BCUT2D eigenvalue weighted by Gasteiger charge is -2.08. The molecule has 0 heterocycles. The molecule has 2 aromatic carbocycles. The second-order valence-electron chi connectivity index (χ2n) is 3.69. The van der Waals surface area contributed by atoms with Crippen LogP contribution in [0.25, 0.3) is 0 Å². The fraction of sp³-hybridized carbons (Fsp3) is 0.0769. The Morgan fingerprint density at radius 1 is 0.938 bits per heavy atom. The maximum Gasteiger partial charge on any atom is 0.129 e. The molecule has 0 aliphatic heterocycles. The number of nitrogen functional groups attached to an aromatic ring is 2. The van der Waals surface area contributed by atoms with Gasteiger partial charge in [-0.15, -0.1) is 0 Å². The predicted molar refractivity (Wildman–Crippen MR) is 66.5 cm³/mol. The van der Waals surface area contributed by atoms with Crippen molar-refractivity contribution in [1.82, 2.24) is 0 Å². The summed E-state index contributed by atoms with van der Waals surface area (Å²) in [5, 5.41) is 0. The zero-order valence-corrected chi connectivity index (χ0v) is 9.10. The third-order valence-electron chi connectivity index (χ3n) is 2.34. The van der Waals surface area contributed by atoms with E-state index in [2.05, 4.69) is 0 Å². The molecule has 4 N–H and O–H groups in total. The molecular formula is C13H14N2O. The van der Waals surface area contributed by atoms with Crippen molar-refractivity contribution in [3.63, 3.8) is 0 Å². The summed E-state index contributed by atoms with van der Waals surface area (Å²) < 4.78 is 5.66. The number of hydrogen-bond donors (Lipinski definition) is 2. The molecule has 2 rings (SSSR count). The third-order valence-corrected chi connectivity index (χ3v) is 2.34. The molecule has 3 nitrogen and oxygen atoms in total. The van der Waals surface area contributed by atoms with Gasteiger partial charge in [0.2, 0.25) is 0 Å². The highest BCUT2D eigenvalue weighted by Gasteiger charge is 2.00. The number of benzene rings is 2. The van der Waals surface area contributed by atoms with E-state index in [1.165, 1.54) is 0 Å². The van der Waals surface area contributed by atoms with E-state index in [0.717, 1.165) is 22.7 Å². The standard InChI is InChI=1S/C13H14N2O/c1-9-7-12(5-6-13(9)15)16-11-4-2-3-10(14)8-11/h2-8H,14-15H2,1H3. The molecule has 0 radical (unpaired) electrons. The second kappa shape index (κ2) is 4.14. The van der Waals surface area contributed by atoms with Crippen LogP contribution in [0.1, 0.15) is 5.56 Å². The Bertz CT molecular complexity index is 509. The number of ether oxygens (including phenoxy) is 1. The minimum atomic E-state index is 0.685. The molecular weight excluding hydrogens is 200 g/mol. The Morgan fingerprint density at radius 2 is 1.69 bits per heavy atom. The van der Waals surface area contributed by atoms with Crippen molar-refractivity contribution in [2.45, 2.75) is 6.92 Å². The average Bonchev–Trinajstić information content (AvgIpc) is 2.24. The van der Waals surface area contributed by atoms with Crippen LogP contribution in [0, 0.1) is 6.92 Å². The van der Waals surface area contributed by atoms with Gasteiger partial charge in [-0.3, -0.25) is 0 Å². The number of anilines is 2. The number of hydrogen-bond acceptors (Lipinski definition) is 3. The van der Waals surface area contributed by atoms with Crippen molar-refractivity contribution in [3.05, 3.63) is 48.0 Å². The second-order valence-corrected chi connectivity index (χ2v) is 3.69. The third kappa shape index (κ3) is 2.25. The van der Waals surface area contributed by atoms with Gasteiger partial charge in [-0.2, -0.15) is 0 Å². The Labute approximate surface area is 94.6 Å². The smallest absolute Gasteiger partial charge is 0.129 e. The summed E-state index contributed by atoms with van der Waals surface area (Å²) in [6.45, 7) is 1.95. The zero-order valence-electron chi connectivity index (χ0n) is 9.10. The molecule has 2 aromatic rings. The first kappa shape index (κ1) is 10.4. The summed E-state index contributed by atoms with van der Waals surface area (Å²) in [6.07, 6.45) is 0. The topological polar surface area (TPSA) is 61.3 Å². The summed E-state index contributed by atoms with van der Waals surface area (Å²) >= 11 is 0. The highest BCUT2D eigenvalue weighted by Crippen LogP contribution is 2.25. The van der Waals surface area contributed by atoms with Crippen LogP contribution >= 0.6 is 0 Å². The van der Waals surface area contributed by atoms with Gasteiger partial charge < -0.3 is 16.2 Å². The first-order chi connectivity index (χ1) is 7.65. The molecule has 0 fully saturated rings. The first-order valence-corrected chi connectivity index (χ1v) is 5.04. The molecule has 0 saturated carbocycles. The molecule has 16 heavy (non-hydrogen) atoms. The van der Waals surface area contributed by atoms with Crippen LogP contribution in [-0.4, -0.2) is 0 Å². The van der Waals surface area contributed by atoms with E-state index in [1.54, 1.807) is 6.07 Å². The van der Waals surface area contributed by atoms with Crippen molar-refractivity contribution >= 4 is 11.4 Å². The van der Waals surface area contributed by atoms with Gasteiger partial charge >= 0.3 is 0 Å². The van der Waals surface area contributed by atoms with Crippen LogP contribution in [0.15, 0.2) is 42.5 Å². The highest BCUT2D eigenvalue weighted by atomic mass is 16.5. The molecule has 3 heteroatoms. The van der Waals surface area contributed by atoms with Crippen LogP contribution in [0.2, 0.25) is 0 Å². The molecule has 82 valence electrons. The highest BCUT2D eigenvalue weighted by molar-refractivity contribution is 5.51. The number of aryl methyl sites for hydroxylation is 1. The fourth-order valence-corrected chi connectivity index (χ4v) is 1.43. The lowest BCUT2D eigenvalue weighted by atomic mass is 10.2. The van der Waals surface area contributed by atoms with Gasteiger partial charge in [0.1, 0.15) is 11.5 Å². The quantitative estimate of drug-likeness (QED) is 0.755. The maximum atomic E-state index is 5.73. The van der Waals surface area contributed by atoms with E-state index in [0.29, 0.717) is 5.69 Å². The molecule has 0 bridgehead atoms. The summed E-state index contributed by atoms with van der Waals surface area (Å²) in [5.41, 5.74) is 13.8. The SMILES string of the molecule is Cc1cc(Oc2cccc(N)c2)ccc1N. The Morgan fingerprint density at radius 3 is 2.38 bits per heavy atom. The summed E-state index contributed by atoms with van der Waals surface area (Å²) in [7, 11) is 0. The van der Waals surface area contributed by atoms with Gasteiger partial charge in [0.25, 0.3) is 0 Å². The van der Waals surface area contributed by atoms with E-state index >= 15 is 0 Å². The van der Waals surface area contributed by atoms with Crippen molar-refractivity contribution in [1.29, 1.82) is 0 Å². The predicted octanol–water partition coefficient (Wildman–Crippen LogP) is 2.95. The molecule has 0 atom stereocenters. The summed E-state index contributed by atoms with van der Waals surface area (Å²) in [6, 6.07) is 12.9. The molecule has 0 saturated heterocycles. The van der Waals surface area contributed by atoms with Crippen molar-refractivity contribution < 1.29 is 4.74 Å². The Hall–Kier alpha value is -2.16. The van der Waals surface area contributed by atoms with Crippen LogP contribution < -0.4 is 16.2 Å². The van der Waals surface area contributed by atoms with E-state index in [-0.39, 0.29) is 0 Å². The molecule has 0 spiro atoms. The number of rotatable bonds is 2. The van der Waals surface area contributed by atoms with Crippen LogP contribution in [0.3, 0.4) is 0 Å². The molecule has 0 aromatic heterocycles. The first-order valence-electron chi connectivity index (χ1n) is 5.04. The summed E-state index contributed by atoms with van der Waals surface area (Å²) in [4.78, 5) is 0. The minimum Gasteiger partial charge on any atom is -0.457 e. The molecule has 0 aliphatic carbocycles. The normalized spacial score (nSPS) is 10.1. The van der Waals surface area contributed by atoms with Crippen molar-refractivity contribution in [3.8, 4) is 11.5 Å². The van der Waals surface area contributed by atoms with Crippen LogP contribution in [0.4, 0.5) is 11.4 Å². The maximum absolute atomic E-state index is 5.73. The monoisotopic (exact) mass is 214 g/mol.